The third-order valence-electron chi connectivity index (χ3n) is 3.94. The van der Waals surface area contributed by atoms with Crippen molar-refractivity contribution in [3.63, 3.8) is 0 Å². The normalized spacial score (nSPS) is 15.4. The molecule has 0 unspecified atom stereocenters. The predicted molar refractivity (Wildman–Crippen MR) is 87.7 cm³/mol. The molecular formula is C18H19FN2O2. The molecule has 0 saturated carbocycles. The first-order valence-corrected chi connectivity index (χ1v) is 7.66. The minimum absolute atomic E-state index is 0.0489. The van der Waals surface area contributed by atoms with Crippen LogP contribution in [0, 0.1) is 12.7 Å². The summed E-state index contributed by atoms with van der Waals surface area (Å²) in [5, 5.41) is 0. The Labute approximate surface area is 134 Å². The van der Waals surface area contributed by atoms with Gasteiger partial charge in [-0.2, -0.15) is 0 Å². The summed E-state index contributed by atoms with van der Waals surface area (Å²) in [6, 6.07) is 10.4. The number of hydrogen-bond acceptors (Lipinski definition) is 3. The molecule has 1 aliphatic heterocycles. The summed E-state index contributed by atoms with van der Waals surface area (Å²) in [5.74, 6) is 1.21. The number of amides is 1. The molecule has 2 heterocycles. The van der Waals surface area contributed by atoms with Crippen molar-refractivity contribution in [2.75, 3.05) is 31.1 Å². The maximum Gasteiger partial charge on any atom is 0.246 e. The maximum absolute atomic E-state index is 13.8. The number of halogens is 1. The zero-order valence-corrected chi connectivity index (χ0v) is 13.0. The van der Waals surface area contributed by atoms with Crippen LogP contribution in [0.25, 0.3) is 6.08 Å². The second kappa shape index (κ2) is 6.69. The van der Waals surface area contributed by atoms with Crippen LogP contribution in [0.3, 0.4) is 0 Å². The summed E-state index contributed by atoms with van der Waals surface area (Å²) in [5.41, 5.74) is 0.598. The Balaban J connectivity index is 1.57. The monoisotopic (exact) mass is 314 g/mol. The van der Waals surface area contributed by atoms with Gasteiger partial charge in [-0.05, 0) is 37.3 Å². The molecule has 5 heteroatoms. The van der Waals surface area contributed by atoms with Gasteiger partial charge in [0.1, 0.15) is 17.3 Å². The van der Waals surface area contributed by atoms with Crippen LogP contribution in [0.5, 0.6) is 0 Å². The number of carbonyl (C=O) groups is 1. The molecule has 1 saturated heterocycles. The van der Waals surface area contributed by atoms with E-state index in [1.165, 1.54) is 12.1 Å². The van der Waals surface area contributed by atoms with Crippen LogP contribution in [0.1, 0.15) is 11.5 Å². The molecule has 0 atom stereocenters. The molecule has 0 bridgehead atoms. The standard InChI is InChI=1S/C18H19FN2O2/c1-14-6-7-15(23-14)8-9-18(22)21-12-10-20(11-13-21)17-5-3-2-4-16(17)19/h2-9H,10-13H2,1H3/b9-8+. The Bertz CT molecular complexity index is 715. The molecular weight excluding hydrogens is 295 g/mol. The number of rotatable bonds is 3. The van der Waals surface area contributed by atoms with Crippen LogP contribution in [-0.4, -0.2) is 37.0 Å². The Morgan fingerprint density at radius 3 is 2.52 bits per heavy atom. The van der Waals surface area contributed by atoms with Crippen LogP contribution in [0.4, 0.5) is 10.1 Å². The zero-order chi connectivity index (χ0) is 16.2. The van der Waals surface area contributed by atoms with Crippen molar-refractivity contribution in [1.29, 1.82) is 0 Å². The largest absolute Gasteiger partial charge is 0.462 e. The summed E-state index contributed by atoms with van der Waals surface area (Å²) in [6.45, 7) is 4.27. The lowest BCUT2D eigenvalue weighted by molar-refractivity contribution is -0.126. The number of nitrogens with zero attached hydrogens (tertiary/aromatic N) is 2. The Hall–Kier alpha value is -2.56. The van der Waals surface area contributed by atoms with Crippen LogP contribution in [-0.2, 0) is 4.79 Å². The molecule has 1 aromatic carbocycles. The van der Waals surface area contributed by atoms with E-state index in [1.54, 1.807) is 23.1 Å². The highest BCUT2D eigenvalue weighted by Crippen LogP contribution is 2.20. The fourth-order valence-corrected chi connectivity index (χ4v) is 2.68. The van der Waals surface area contributed by atoms with E-state index in [4.69, 9.17) is 4.42 Å². The molecule has 2 aromatic rings. The highest BCUT2D eigenvalue weighted by atomic mass is 19.1. The smallest absolute Gasteiger partial charge is 0.246 e. The van der Waals surface area contributed by atoms with E-state index in [-0.39, 0.29) is 11.7 Å². The second-order valence-corrected chi connectivity index (χ2v) is 5.55. The van der Waals surface area contributed by atoms with Crippen molar-refractivity contribution >= 4 is 17.7 Å². The number of furan rings is 1. The van der Waals surface area contributed by atoms with Crippen LogP contribution >= 0.6 is 0 Å². The first kappa shape index (κ1) is 15.3. The molecule has 0 aliphatic carbocycles. The quantitative estimate of drug-likeness (QED) is 0.817. The molecule has 3 rings (SSSR count). The van der Waals surface area contributed by atoms with E-state index < -0.39 is 0 Å². The molecule has 1 fully saturated rings. The molecule has 4 nitrogen and oxygen atoms in total. The van der Waals surface area contributed by atoms with Gasteiger partial charge in [0.15, 0.2) is 0 Å². The van der Waals surface area contributed by atoms with Gasteiger partial charge in [-0.1, -0.05) is 12.1 Å². The number of para-hydroxylation sites is 1. The number of piperazine rings is 1. The van der Waals surface area contributed by atoms with Crippen molar-refractivity contribution in [2.24, 2.45) is 0 Å². The Kier molecular flexibility index (Phi) is 4.46. The fraction of sp³-hybridized carbons (Fsp3) is 0.278. The topological polar surface area (TPSA) is 36.7 Å². The van der Waals surface area contributed by atoms with Crippen LogP contribution < -0.4 is 4.90 Å². The minimum Gasteiger partial charge on any atom is -0.462 e. The van der Waals surface area contributed by atoms with Gasteiger partial charge in [0.2, 0.25) is 5.91 Å². The van der Waals surface area contributed by atoms with E-state index in [9.17, 15) is 9.18 Å². The van der Waals surface area contributed by atoms with E-state index in [1.807, 2.05) is 30.0 Å². The molecule has 1 amide bonds. The fourth-order valence-electron chi connectivity index (χ4n) is 2.68. The van der Waals surface area contributed by atoms with E-state index in [2.05, 4.69) is 0 Å². The van der Waals surface area contributed by atoms with Crippen molar-refractivity contribution in [1.82, 2.24) is 4.90 Å². The van der Waals surface area contributed by atoms with Crippen molar-refractivity contribution in [2.45, 2.75) is 6.92 Å². The van der Waals surface area contributed by atoms with Gasteiger partial charge in [0, 0.05) is 32.3 Å². The highest BCUT2D eigenvalue weighted by molar-refractivity contribution is 5.91. The average molecular weight is 314 g/mol. The minimum atomic E-state index is -0.222. The number of carbonyl (C=O) groups excluding carboxylic acids is 1. The molecule has 0 radical (unpaired) electrons. The second-order valence-electron chi connectivity index (χ2n) is 5.55. The lowest BCUT2D eigenvalue weighted by atomic mass is 10.2. The first-order valence-electron chi connectivity index (χ1n) is 7.66. The van der Waals surface area contributed by atoms with Gasteiger partial charge < -0.3 is 14.2 Å². The van der Waals surface area contributed by atoms with Gasteiger partial charge in [-0.25, -0.2) is 4.39 Å². The van der Waals surface area contributed by atoms with Crippen LogP contribution in [0.2, 0.25) is 0 Å². The number of aryl methyl sites for hydroxylation is 1. The molecule has 0 spiro atoms. The summed E-state index contributed by atoms with van der Waals surface area (Å²) < 4.78 is 19.2. The third-order valence-corrected chi connectivity index (χ3v) is 3.94. The molecule has 0 N–H and O–H groups in total. The number of hydrogen-bond donors (Lipinski definition) is 0. The van der Waals surface area contributed by atoms with Gasteiger partial charge in [0.05, 0.1) is 5.69 Å². The van der Waals surface area contributed by atoms with Crippen molar-refractivity contribution in [3.05, 3.63) is 59.8 Å². The average Bonchev–Trinajstić information content (AvgIpc) is 2.99. The SMILES string of the molecule is Cc1ccc(/C=C/C(=O)N2CCN(c3ccccc3F)CC2)o1. The van der Waals surface area contributed by atoms with E-state index in [0.717, 1.165) is 5.76 Å². The first-order chi connectivity index (χ1) is 11.1. The van der Waals surface area contributed by atoms with E-state index >= 15 is 0 Å². The van der Waals surface area contributed by atoms with Gasteiger partial charge >= 0.3 is 0 Å². The van der Waals surface area contributed by atoms with Crippen molar-refractivity contribution in [3.8, 4) is 0 Å². The molecule has 23 heavy (non-hydrogen) atoms. The predicted octanol–water partition coefficient (Wildman–Crippen LogP) is 3.09. The number of anilines is 1. The molecule has 1 aliphatic rings. The molecule has 1 aromatic heterocycles. The van der Waals surface area contributed by atoms with Crippen LogP contribution in [0.15, 0.2) is 46.9 Å². The lowest BCUT2D eigenvalue weighted by Gasteiger charge is -2.35. The van der Waals surface area contributed by atoms with Crippen molar-refractivity contribution < 1.29 is 13.6 Å². The summed E-state index contributed by atoms with van der Waals surface area (Å²) in [6.07, 6.45) is 3.20. The van der Waals surface area contributed by atoms with E-state index in [0.29, 0.717) is 37.6 Å². The summed E-state index contributed by atoms with van der Waals surface area (Å²) >= 11 is 0. The lowest BCUT2D eigenvalue weighted by Crippen LogP contribution is -2.48. The highest BCUT2D eigenvalue weighted by Gasteiger charge is 2.21. The van der Waals surface area contributed by atoms with Gasteiger partial charge in [0.25, 0.3) is 0 Å². The van der Waals surface area contributed by atoms with Gasteiger partial charge in [-0.15, -0.1) is 0 Å². The number of benzene rings is 1. The van der Waals surface area contributed by atoms with Gasteiger partial charge in [-0.3, -0.25) is 4.79 Å². The maximum atomic E-state index is 13.8. The third kappa shape index (κ3) is 3.62. The molecule has 120 valence electrons. The summed E-state index contributed by atoms with van der Waals surface area (Å²) in [4.78, 5) is 15.9. The summed E-state index contributed by atoms with van der Waals surface area (Å²) in [7, 11) is 0. The zero-order valence-electron chi connectivity index (χ0n) is 13.0. The Morgan fingerprint density at radius 2 is 1.87 bits per heavy atom. The Morgan fingerprint density at radius 1 is 1.13 bits per heavy atom.